The predicted octanol–water partition coefficient (Wildman–Crippen LogP) is 0.440. The Hall–Kier alpha value is -2.48. The highest BCUT2D eigenvalue weighted by Crippen LogP contribution is 2.12. The summed E-state index contributed by atoms with van der Waals surface area (Å²) < 4.78 is 4.79. The van der Waals surface area contributed by atoms with E-state index in [0.29, 0.717) is 5.56 Å². The highest BCUT2D eigenvalue weighted by Gasteiger charge is 2.18. The highest BCUT2D eigenvalue weighted by molar-refractivity contribution is 5.81. The topological polar surface area (TPSA) is 133 Å². The second-order valence-corrected chi connectivity index (χ2v) is 3.74. The summed E-state index contributed by atoms with van der Waals surface area (Å²) >= 11 is 0. The lowest BCUT2D eigenvalue weighted by Crippen LogP contribution is -2.34. The number of esters is 1. The molecular formula is C11H12N2O6. The van der Waals surface area contributed by atoms with Gasteiger partial charge in [-0.15, -0.1) is 0 Å². The molecule has 0 aliphatic rings. The average Bonchev–Trinajstić information content (AvgIpc) is 2.35. The molecule has 8 nitrogen and oxygen atoms in total. The predicted molar refractivity (Wildman–Crippen MR) is 63.1 cm³/mol. The van der Waals surface area contributed by atoms with Gasteiger partial charge in [0.15, 0.2) is 0 Å². The number of hydrogen-bond acceptors (Lipinski definition) is 6. The fourth-order valence-corrected chi connectivity index (χ4v) is 1.25. The lowest BCUT2D eigenvalue weighted by molar-refractivity contribution is -0.384. The van der Waals surface area contributed by atoms with Crippen molar-refractivity contribution in [2.24, 2.45) is 5.73 Å². The summed E-state index contributed by atoms with van der Waals surface area (Å²) in [5.41, 5.74) is 5.77. The Morgan fingerprint density at radius 2 is 1.95 bits per heavy atom. The number of benzene rings is 1. The average molecular weight is 268 g/mol. The number of carbonyl (C=O) groups is 2. The van der Waals surface area contributed by atoms with Crippen molar-refractivity contribution in [2.45, 2.75) is 19.1 Å². The van der Waals surface area contributed by atoms with Crippen LogP contribution in [-0.2, 0) is 20.9 Å². The van der Waals surface area contributed by atoms with Gasteiger partial charge in [0, 0.05) is 12.1 Å². The number of aliphatic carboxylic acids is 1. The number of ether oxygens (including phenoxy) is 1. The number of carbonyl (C=O) groups excluding carboxylic acids is 1. The van der Waals surface area contributed by atoms with Crippen molar-refractivity contribution in [3.8, 4) is 0 Å². The molecule has 0 spiro atoms. The summed E-state index contributed by atoms with van der Waals surface area (Å²) in [5.74, 6) is -2.03. The van der Waals surface area contributed by atoms with Crippen molar-refractivity contribution in [3.63, 3.8) is 0 Å². The molecule has 1 unspecified atom stereocenters. The van der Waals surface area contributed by atoms with Crippen LogP contribution in [0.15, 0.2) is 24.3 Å². The quantitative estimate of drug-likeness (QED) is 0.434. The second kappa shape index (κ2) is 6.45. The maximum atomic E-state index is 11.3. The summed E-state index contributed by atoms with van der Waals surface area (Å²) in [6, 6.07) is 4.21. The number of carboxylic acids is 1. The number of rotatable bonds is 6. The zero-order valence-corrected chi connectivity index (χ0v) is 9.81. The van der Waals surface area contributed by atoms with Crippen molar-refractivity contribution >= 4 is 17.6 Å². The van der Waals surface area contributed by atoms with Gasteiger partial charge in [0.2, 0.25) is 0 Å². The summed E-state index contributed by atoms with van der Waals surface area (Å²) in [5, 5.41) is 18.9. The zero-order valence-electron chi connectivity index (χ0n) is 9.81. The summed E-state index contributed by atoms with van der Waals surface area (Å²) in [4.78, 5) is 31.5. The lowest BCUT2D eigenvalue weighted by atomic mass is 10.2. The van der Waals surface area contributed by atoms with Crippen LogP contribution in [0.5, 0.6) is 0 Å². The van der Waals surface area contributed by atoms with E-state index < -0.39 is 29.3 Å². The first-order valence-corrected chi connectivity index (χ1v) is 5.27. The van der Waals surface area contributed by atoms with E-state index in [-0.39, 0.29) is 12.3 Å². The number of nitrogens with zero attached hydrogens (tertiary/aromatic N) is 1. The monoisotopic (exact) mass is 268 g/mol. The van der Waals surface area contributed by atoms with Crippen molar-refractivity contribution in [1.29, 1.82) is 0 Å². The largest absolute Gasteiger partial charge is 0.481 e. The third kappa shape index (κ3) is 4.72. The SMILES string of the molecule is NC(CC(=O)O)C(=O)OCc1ccc([N+](=O)[O-])cc1. The Labute approximate surface area is 107 Å². The summed E-state index contributed by atoms with van der Waals surface area (Å²) in [6.07, 6.45) is -0.515. The van der Waals surface area contributed by atoms with Gasteiger partial charge in [-0.3, -0.25) is 19.7 Å². The maximum absolute atomic E-state index is 11.3. The first-order chi connectivity index (χ1) is 8.90. The molecule has 0 fully saturated rings. The smallest absolute Gasteiger partial charge is 0.323 e. The zero-order chi connectivity index (χ0) is 14.4. The lowest BCUT2D eigenvalue weighted by Gasteiger charge is -2.09. The van der Waals surface area contributed by atoms with Crippen molar-refractivity contribution in [1.82, 2.24) is 0 Å². The van der Waals surface area contributed by atoms with Gasteiger partial charge in [0.25, 0.3) is 5.69 Å². The van der Waals surface area contributed by atoms with Crippen LogP contribution in [0.25, 0.3) is 0 Å². The van der Waals surface area contributed by atoms with Gasteiger partial charge in [-0.2, -0.15) is 0 Å². The Morgan fingerprint density at radius 3 is 2.42 bits per heavy atom. The molecule has 1 atom stereocenters. The van der Waals surface area contributed by atoms with E-state index in [1.807, 2.05) is 0 Å². The van der Waals surface area contributed by atoms with Crippen LogP contribution in [0, 0.1) is 10.1 Å². The first-order valence-electron chi connectivity index (χ1n) is 5.27. The fraction of sp³-hybridized carbons (Fsp3) is 0.273. The van der Waals surface area contributed by atoms with E-state index in [1.165, 1.54) is 24.3 Å². The van der Waals surface area contributed by atoms with Gasteiger partial charge in [-0.25, -0.2) is 0 Å². The minimum absolute atomic E-state index is 0.0716. The summed E-state index contributed by atoms with van der Waals surface area (Å²) in [6.45, 7) is -0.121. The minimum atomic E-state index is -1.23. The normalized spacial score (nSPS) is 11.6. The maximum Gasteiger partial charge on any atom is 0.323 e. The fourth-order valence-electron chi connectivity index (χ4n) is 1.25. The third-order valence-corrected chi connectivity index (χ3v) is 2.23. The second-order valence-electron chi connectivity index (χ2n) is 3.74. The van der Waals surface area contributed by atoms with E-state index >= 15 is 0 Å². The third-order valence-electron chi connectivity index (χ3n) is 2.23. The Bertz CT molecular complexity index is 484. The number of nitro benzene ring substituents is 1. The number of hydrogen-bond donors (Lipinski definition) is 2. The van der Waals surface area contributed by atoms with Crippen LogP contribution in [0.3, 0.4) is 0 Å². The summed E-state index contributed by atoms with van der Waals surface area (Å²) in [7, 11) is 0. The molecule has 0 aromatic heterocycles. The van der Waals surface area contributed by atoms with E-state index in [0.717, 1.165) is 0 Å². The van der Waals surface area contributed by atoms with E-state index in [4.69, 9.17) is 15.6 Å². The van der Waals surface area contributed by atoms with Crippen LogP contribution in [0.4, 0.5) is 5.69 Å². The molecule has 0 heterocycles. The van der Waals surface area contributed by atoms with Gasteiger partial charge in [0.05, 0.1) is 11.3 Å². The highest BCUT2D eigenvalue weighted by atomic mass is 16.6. The van der Waals surface area contributed by atoms with Gasteiger partial charge in [-0.1, -0.05) is 0 Å². The molecule has 0 aliphatic heterocycles. The van der Waals surface area contributed by atoms with Gasteiger partial charge < -0.3 is 15.6 Å². The minimum Gasteiger partial charge on any atom is -0.481 e. The van der Waals surface area contributed by atoms with E-state index in [1.54, 1.807) is 0 Å². The molecule has 0 bridgehead atoms. The Morgan fingerprint density at radius 1 is 1.37 bits per heavy atom. The first kappa shape index (κ1) is 14.6. The standard InChI is InChI=1S/C11H12N2O6/c12-9(5-10(14)15)11(16)19-6-7-1-3-8(4-2-7)13(17)18/h1-4,9H,5-6,12H2,(H,14,15). The molecule has 1 aromatic carbocycles. The van der Waals surface area contributed by atoms with E-state index in [2.05, 4.69) is 0 Å². The molecule has 1 aromatic rings. The molecule has 8 heteroatoms. The molecule has 0 amide bonds. The molecule has 102 valence electrons. The van der Waals surface area contributed by atoms with Crippen LogP contribution >= 0.6 is 0 Å². The molecule has 0 radical (unpaired) electrons. The van der Waals surface area contributed by atoms with Crippen LogP contribution in [-0.4, -0.2) is 28.0 Å². The van der Waals surface area contributed by atoms with Gasteiger partial charge in [0.1, 0.15) is 12.6 Å². The molecule has 0 aliphatic carbocycles. The molecule has 3 N–H and O–H groups in total. The van der Waals surface area contributed by atoms with Crippen molar-refractivity contribution < 1.29 is 24.4 Å². The van der Waals surface area contributed by atoms with Crippen molar-refractivity contribution in [2.75, 3.05) is 0 Å². The van der Waals surface area contributed by atoms with Crippen LogP contribution in [0.2, 0.25) is 0 Å². The number of non-ortho nitro benzene ring substituents is 1. The van der Waals surface area contributed by atoms with Gasteiger partial charge in [-0.05, 0) is 17.7 Å². The molecule has 19 heavy (non-hydrogen) atoms. The van der Waals surface area contributed by atoms with Crippen LogP contribution < -0.4 is 5.73 Å². The van der Waals surface area contributed by atoms with Crippen LogP contribution in [0.1, 0.15) is 12.0 Å². The Kier molecular flexibility index (Phi) is 4.95. The van der Waals surface area contributed by atoms with E-state index in [9.17, 15) is 19.7 Å². The molecule has 0 saturated carbocycles. The molecular weight excluding hydrogens is 256 g/mol. The Balaban J connectivity index is 2.50. The molecule has 1 rings (SSSR count). The molecule has 0 saturated heterocycles. The number of nitro groups is 1. The van der Waals surface area contributed by atoms with Crippen molar-refractivity contribution in [3.05, 3.63) is 39.9 Å². The van der Waals surface area contributed by atoms with Gasteiger partial charge >= 0.3 is 11.9 Å². The number of nitrogens with two attached hydrogens (primary N) is 1. The number of carboxylic acid groups (broad SMARTS) is 1.